The summed E-state index contributed by atoms with van der Waals surface area (Å²) in [5.74, 6) is 0.381. The second kappa shape index (κ2) is 4.07. The Labute approximate surface area is 68.9 Å². The highest BCUT2D eigenvalue weighted by molar-refractivity contribution is 7.90. The minimum Gasteiger partial charge on any atom is -0.327 e. The quantitative estimate of drug-likeness (QED) is 0.679. The molecular weight excluding hydrogens is 162 g/mol. The third kappa shape index (κ3) is 5.21. The first-order valence-electron chi connectivity index (χ1n) is 3.80. The van der Waals surface area contributed by atoms with Crippen molar-refractivity contribution in [2.45, 2.75) is 26.3 Å². The normalized spacial score (nSPS) is 17.8. The van der Waals surface area contributed by atoms with E-state index in [2.05, 4.69) is 0 Å². The monoisotopic (exact) mass is 179 g/mol. The summed E-state index contributed by atoms with van der Waals surface area (Å²) in [6.07, 6.45) is 2.14. The predicted molar refractivity (Wildman–Crippen MR) is 47.1 cm³/mol. The average Bonchev–Trinajstić information content (AvgIpc) is 1.82. The Morgan fingerprint density at radius 1 is 1.45 bits per heavy atom. The molecule has 2 atom stereocenters. The van der Waals surface area contributed by atoms with E-state index in [9.17, 15) is 8.42 Å². The molecule has 0 aliphatic carbocycles. The van der Waals surface area contributed by atoms with Gasteiger partial charge in [-0.15, -0.1) is 0 Å². The van der Waals surface area contributed by atoms with Gasteiger partial charge in [-0.25, -0.2) is 8.42 Å². The Hall–Kier alpha value is -0.0900. The van der Waals surface area contributed by atoms with Gasteiger partial charge in [0.05, 0.1) is 5.75 Å². The zero-order chi connectivity index (χ0) is 9.07. The number of rotatable bonds is 4. The van der Waals surface area contributed by atoms with Gasteiger partial charge >= 0.3 is 0 Å². The first-order chi connectivity index (χ1) is 4.87. The number of hydrogen-bond donors (Lipinski definition) is 1. The van der Waals surface area contributed by atoms with E-state index in [1.807, 2.05) is 13.8 Å². The smallest absolute Gasteiger partial charge is 0.148 e. The topological polar surface area (TPSA) is 60.2 Å². The fraction of sp³-hybridized carbons (Fsp3) is 1.00. The van der Waals surface area contributed by atoms with Crippen LogP contribution in [0, 0.1) is 5.92 Å². The van der Waals surface area contributed by atoms with Gasteiger partial charge in [0.15, 0.2) is 0 Å². The van der Waals surface area contributed by atoms with Gasteiger partial charge in [-0.2, -0.15) is 0 Å². The van der Waals surface area contributed by atoms with Crippen LogP contribution in [0.3, 0.4) is 0 Å². The van der Waals surface area contributed by atoms with Crippen LogP contribution >= 0.6 is 0 Å². The molecule has 0 aliphatic heterocycles. The Morgan fingerprint density at radius 3 is 2.18 bits per heavy atom. The molecule has 0 saturated carbocycles. The molecule has 0 bridgehead atoms. The summed E-state index contributed by atoms with van der Waals surface area (Å²) in [4.78, 5) is 0. The van der Waals surface area contributed by atoms with E-state index in [-0.39, 0.29) is 17.7 Å². The van der Waals surface area contributed by atoms with E-state index >= 15 is 0 Å². The summed E-state index contributed by atoms with van der Waals surface area (Å²) < 4.78 is 21.6. The standard InChI is InChI=1S/C7H17NO2S/c1-4-6(2)7(8)5-11(3,9)10/h6-7H,4-5,8H2,1-3H3. The maximum atomic E-state index is 10.8. The molecule has 0 aromatic heterocycles. The van der Waals surface area contributed by atoms with E-state index in [0.717, 1.165) is 6.42 Å². The molecule has 0 fully saturated rings. The zero-order valence-corrected chi connectivity index (χ0v) is 8.19. The minimum absolute atomic E-state index is 0.0992. The van der Waals surface area contributed by atoms with Gasteiger partial charge in [0.1, 0.15) is 9.84 Å². The maximum absolute atomic E-state index is 10.8. The van der Waals surface area contributed by atoms with Crippen LogP contribution in [0.25, 0.3) is 0 Å². The minimum atomic E-state index is -2.90. The van der Waals surface area contributed by atoms with Gasteiger partial charge < -0.3 is 5.73 Å². The Kier molecular flexibility index (Phi) is 4.03. The van der Waals surface area contributed by atoms with Crippen molar-refractivity contribution < 1.29 is 8.42 Å². The third-order valence-corrected chi connectivity index (χ3v) is 2.86. The maximum Gasteiger partial charge on any atom is 0.148 e. The Morgan fingerprint density at radius 2 is 1.91 bits per heavy atom. The van der Waals surface area contributed by atoms with Crippen molar-refractivity contribution in [2.24, 2.45) is 11.7 Å². The third-order valence-electron chi connectivity index (χ3n) is 1.87. The van der Waals surface area contributed by atoms with Gasteiger partial charge in [0.2, 0.25) is 0 Å². The fourth-order valence-corrected chi connectivity index (χ4v) is 1.84. The molecule has 0 aliphatic rings. The summed E-state index contributed by atoms with van der Waals surface area (Å²) in [6, 6.07) is -0.213. The van der Waals surface area contributed by atoms with E-state index in [1.54, 1.807) is 0 Å². The molecule has 68 valence electrons. The zero-order valence-electron chi connectivity index (χ0n) is 7.37. The summed E-state index contributed by atoms with van der Waals surface area (Å²) in [7, 11) is -2.90. The lowest BCUT2D eigenvalue weighted by Crippen LogP contribution is -2.34. The van der Waals surface area contributed by atoms with Crippen molar-refractivity contribution in [2.75, 3.05) is 12.0 Å². The van der Waals surface area contributed by atoms with Crippen LogP contribution in [-0.2, 0) is 9.84 Å². The van der Waals surface area contributed by atoms with Gasteiger partial charge in [-0.05, 0) is 5.92 Å². The first kappa shape index (κ1) is 10.9. The summed E-state index contributed by atoms with van der Waals surface area (Å²) in [5.41, 5.74) is 5.63. The van der Waals surface area contributed by atoms with Crippen LogP contribution in [0.4, 0.5) is 0 Å². The SMILES string of the molecule is CCC(C)C(N)CS(C)(=O)=O. The Bertz CT molecular complexity index is 198. The van der Waals surface area contributed by atoms with E-state index in [4.69, 9.17) is 5.73 Å². The van der Waals surface area contributed by atoms with E-state index in [0.29, 0.717) is 0 Å². The molecule has 0 radical (unpaired) electrons. The molecule has 4 heteroatoms. The molecule has 3 nitrogen and oxygen atoms in total. The molecule has 0 rings (SSSR count). The number of hydrogen-bond acceptors (Lipinski definition) is 3. The molecule has 2 N–H and O–H groups in total. The molecule has 0 heterocycles. The lowest BCUT2D eigenvalue weighted by Gasteiger charge is -2.16. The fourth-order valence-electron chi connectivity index (χ4n) is 0.817. The highest BCUT2D eigenvalue weighted by atomic mass is 32.2. The van der Waals surface area contributed by atoms with Crippen LogP contribution in [0.5, 0.6) is 0 Å². The molecule has 0 aromatic carbocycles. The molecule has 11 heavy (non-hydrogen) atoms. The van der Waals surface area contributed by atoms with Crippen LogP contribution in [0.15, 0.2) is 0 Å². The van der Waals surface area contributed by atoms with Crippen molar-refractivity contribution in [1.29, 1.82) is 0 Å². The second-order valence-corrected chi connectivity index (χ2v) is 5.33. The average molecular weight is 179 g/mol. The van der Waals surface area contributed by atoms with E-state index in [1.165, 1.54) is 6.26 Å². The van der Waals surface area contributed by atoms with Crippen LogP contribution < -0.4 is 5.73 Å². The molecule has 0 amide bonds. The number of sulfone groups is 1. The van der Waals surface area contributed by atoms with Crippen molar-refractivity contribution >= 4 is 9.84 Å². The highest BCUT2D eigenvalue weighted by Gasteiger charge is 2.15. The van der Waals surface area contributed by atoms with Crippen LogP contribution in [0.1, 0.15) is 20.3 Å². The summed E-state index contributed by atoms with van der Waals surface area (Å²) in [6.45, 7) is 3.97. The largest absolute Gasteiger partial charge is 0.327 e. The van der Waals surface area contributed by atoms with Crippen molar-refractivity contribution in [1.82, 2.24) is 0 Å². The molecule has 0 aromatic rings. The van der Waals surface area contributed by atoms with E-state index < -0.39 is 9.84 Å². The van der Waals surface area contributed by atoms with Gasteiger partial charge in [0.25, 0.3) is 0 Å². The molecule has 2 unspecified atom stereocenters. The predicted octanol–water partition coefficient (Wildman–Crippen LogP) is 0.404. The molecule has 0 spiro atoms. The molecular formula is C7H17NO2S. The Balaban J connectivity index is 3.98. The highest BCUT2D eigenvalue weighted by Crippen LogP contribution is 2.06. The van der Waals surface area contributed by atoms with Crippen molar-refractivity contribution in [3.63, 3.8) is 0 Å². The first-order valence-corrected chi connectivity index (χ1v) is 5.86. The second-order valence-electron chi connectivity index (χ2n) is 3.14. The lowest BCUT2D eigenvalue weighted by atomic mass is 10.0. The molecule has 0 saturated heterocycles. The van der Waals surface area contributed by atoms with Crippen LogP contribution in [-0.4, -0.2) is 26.5 Å². The van der Waals surface area contributed by atoms with Gasteiger partial charge in [0, 0.05) is 12.3 Å². The van der Waals surface area contributed by atoms with Crippen LogP contribution in [0.2, 0.25) is 0 Å². The van der Waals surface area contributed by atoms with Gasteiger partial charge in [-0.3, -0.25) is 0 Å². The van der Waals surface area contributed by atoms with Crippen molar-refractivity contribution in [3.8, 4) is 0 Å². The number of nitrogens with two attached hydrogens (primary N) is 1. The van der Waals surface area contributed by atoms with Crippen molar-refractivity contribution in [3.05, 3.63) is 0 Å². The summed E-state index contributed by atoms with van der Waals surface area (Å²) >= 11 is 0. The lowest BCUT2D eigenvalue weighted by molar-refractivity contribution is 0.467. The van der Waals surface area contributed by atoms with Gasteiger partial charge in [-0.1, -0.05) is 20.3 Å². The summed E-state index contributed by atoms with van der Waals surface area (Å²) in [5, 5.41) is 0.